The standard InChI is InChI=1S/2C9H14N2.C6H5OP/c2*1-6-4-7(2)9(11-10)8(3)5-6;7-8-6-4-2-1-3-5-6/h2*4-5,11H,10H2,1-3H3;1-5H/p+1. The molecule has 1 atom stereocenters. The average Bonchev–Trinajstić information content (AvgIpc) is 2.69. The van der Waals surface area contributed by atoms with Gasteiger partial charge in [-0.25, -0.2) is 0 Å². The van der Waals surface area contributed by atoms with E-state index in [4.69, 9.17) is 11.7 Å². The number of benzene rings is 3. The summed E-state index contributed by atoms with van der Waals surface area (Å²) in [4.78, 5) is 0. The van der Waals surface area contributed by atoms with Crippen molar-refractivity contribution in [1.82, 2.24) is 0 Å². The lowest BCUT2D eigenvalue weighted by Crippen LogP contribution is -2.09. The zero-order chi connectivity index (χ0) is 22.7. The van der Waals surface area contributed by atoms with Crippen LogP contribution < -0.4 is 27.8 Å². The zero-order valence-corrected chi connectivity index (χ0v) is 19.8. The van der Waals surface area contributed by atoms with Crippen molar-refractivity contribution < 1.29 is 4.57 Å². The number of aryl methyl sites for hydroxylation is 6. The summed E-state index contributed by atoms with van der Waals surface area (Å²) in [6.45, 7) is 12.4. The topological polar surface area (TPSA) is 93.2 Å². The van der Waals surface area contributed by atoms with Crippen molar-refractivity contribution in [3.05, 3.63) is 88.0 Å². The maximum atomic E-state index is 10.2. The molecule has 0 saturated carbocycles. The summed E-state index contributed by atoms with van der Waals surface area (Å²) in [6.07, 6.45) is 0. The molecule has 6 N–H and O–H groups in total. The van der Waals surface area contributed by atoms with Crippen LogP contribution in [0.5, 0.6) is 0 Å². The van der Waals surface area contributed by atoms with E-state index < -0.39 is 0 Å². The molecular weight excluding hydrogens is 391 g/mol. The Morgan fingerprint density at radius 3 is 1.20 bits per heavy atom. The van der Waals surface area contributed by atoms with Gasteiger partial charge in [0.2, 0.25) is 0 Å². The molecule has 3 rings (SSSR count). The summed E-state index contributed by atoms with van der Waals surface area (Å²) in [7, 11) is -0.320. The van der Waals surface area contributed by atoms with E-state index in [0.717, 1.165) is 16.7 Å². The fourth-order valence-electron chi connectivity index (χ4n) is 3.32. The molecular formula is C24H34N4OP+. The van der Waals surface area contributed by atoms with Crippen molar-refractivity contribution in [2.45, 2.75) is 41.5 Å². The molecule has 0 aliphatic rings. The van der Waals surface area contributed by atoms with E-state index in [0.29, 0.717) is 0 Å². The van der Waals surface area contributed by atoms with Crippen LogP contribution in [-0.2, 0) is 4.57 Å². The van der Waals surface area contributed by atoms with Gasteiger partial charge in [-0.2, -0.15) is 0 Å². The van der Waals surface area contributed by atoms with Crippen LogP contribution in [0.3, 0.4) is 0 Å². The molecule has 0 radical (unpaired) electrons. The molecule has 6 heteroatoms. The number of hydrogen-bond acceptors (Lipinski definition) is 5. The van der Waals surface area contributed by atoms with Gasteiger partial charge in [-0.15, -0.1) is 0 Å². The molecule has 0 bridgehead atoms. The molecule has 0 fully saturated rings. The number of nitrogens with one attached hydrogen (secondary N) is 2. The summed E-state index contributed by atoms with van der Waals surface area (Å²) < 4.78 is 10.2. The summed E-state index contributed by atoms with van der Waals surface area (Å²) >= 11 is 0. The smallest absolute Gasteiger partial charge is 0.324 e. The molecule has 160 valence electrons. The Balaban J connectivity index is 0.000000228. The Labute approximate surface area is 182 Å². The lowest BCUT2D eigenvalue weighted by atomic mass is 10.1. The van der Waals surface area contributed by atoms with Crippen molar-refractivity contribution in [1.29, 1.82) is 0 Å². The lowest BCUT2D eigenvalue weighted by molar-refractivity contribution is 0.603. The minimum atomic E-state index is -0.320. The highest BCUT2D eigenvalue weighted by molar-refractivity contribution is 7.34. The van der Waals surface area contributed by atoms with Crippen molar-refractivity contribution in [2.75, 3.05) is 10.9 Å². The minimum Gasteiger partial charge on any atom is -0.324 e. The molecule has 30 heavy (non-hydrogen) atoms. The second-order valence-electron chi connectivity index (χ2n) is 7.30. The SMILES string of the molecule is Cc1cc(C)c(NN)c(C)c1.Cc1cc(C)c(NN)c(C)c1.O=[PH+]c1ccccc1. The Morgan fingerprint density at radius 1 is 0.633 bits per heavy atom. The number of anilines is 2. The van der Waals surface area contributed by atoms with E-state index >= 15 is 0 Å². The molecule has 0 aromatic heterocycles. The third-order valence-corrected chi connectivity index (χ3v) is 5.10. The summed E-state index contributed by atoms with van der Waals surface area (Å²) in [5.41, 5.74) is 14.8. The van der Waals surface area contributed by atoms with Crippen LogP contribution in [0.15, 0.2) is 54.6 Å². The number of nitrogen functional groups attached to an aromatic ring is 2. The van der Waals surface area contributed by atoms with Crippen LogP contribution in [0.4, 0.5) is 11.4 Å². The largest absolute Gasteiger partial charge is 0.363 e. The van der Waals surface area contributed by atoms with Crippen molar-refractivity contribution in [2.24, 2.45) is 11.7 Å². The highest BCUT2D eigenvalue weighted by Crippen LogP contribution is 2.21. The van der Waals surface area contributed by atoms with Gasteiger partial charge in [0.05, 0.1) is 11.4 Å². The first-order chi connectivity index (χ1) is 14.2. The van der Waals surface area contributed by atoms with Gasteiger partial charge in [0.25, 0.3) is 0 Å². The molecule has 0 aliphatic carbocycles. The summed E-state index contributed by atoms with van der Waals surface area (Å²) in [5.74, 6) is 10.7. The van der Waals surface area contributed by atoms with Crippen molar-refractivity contribution in [3.63, 3.8) is 0 Å². The molecule has 0 heterocycles. The molecule has 0 amide bonds. The summed E-state index contributed by atoms with van der Waals surface area (Å²) in [6, 6.07) is 17.8. The van der Waals surface area contributed by atoms with Crippen molar-refractivity contribution >= 4 is 25.1 Å². The number of hydrogen-bond donors (Lipinski definition) is 4. The van der Waals surface area contributed by atoms with Crippen LogP contribution in [-0.4, -0.2) is 0 Å². The normalized spacial score (nSPS) is 9.73. The third-order valence-electron chi connectivity index (χ3n) is 4.53. The van der Waals surface area contributed by atoms with Gasteiger partial charge in [-0.05, 0) is 75.9 Å². The van der Waals surface area contributed by atoms with E-state index in [1.165, 1.54) is 33.4 Å². The van der Waals surface area contributed by atoms with Crippen LogP contribution in [0, 0.1) is 41.5 Å². The molecule has 3 aromatic rings. The van der Waals surface area contributed by atoms with Gasteiger partial charge >= 0.3 is 8.46 Å². The Morgan fingerprint density at radius 2 is 0.967 bits per heavy atom. The van der Waals surface area contributed by atoms with E-state index in [2.05, 4.69) is 76.7 Å². The van der Waals surface area contributed by atoms with Crippen molar-refractivity contribution in [3.8, 4) is 0 Å². The van der Waals surface area contributed by atoms with Crippen LogP contribution in [0.2, 0.25) is 0 Å². The van der Waals surface area contributed by atoms with E-state index in [1.807, 2.05) is 30.3 Å². The number of nitrogens with two attached hydrogens (primary N) is 2. The predicted molar refractivity (Wildman–Crippen MR) is 132 cm³/mol. The number of rotatable bonds is 3. The number of hydrazine groups is 2. The van der Waals surface area contributed by atoms with Crippen LogP contribution in [0.1, 0.15) is 33.4 Å². The molecule has 3 aromatic carbocycles. The van der Waals surface area contributed by atoms with Gasteiger partial charge in [0, 0.05) is 0 Å². The molecule has 1 unspecified atom stereocenters. The second-order valence-corrected chi connectivity index (χ2v) is 8.09. The monoisotopic (exact) mass is 425 g/mol. The average molecular weight is 426 g/mol. The first-order valence-corrected chi connectivity index (χ1v) is 10.7. The zero-order valence-electron chi connectivity index (χ0n) is 18.8. The van der Waals surface area contributed by atoms with E-state index in [9.17, 15) is 4.57 Å². The molecule has 0 aliphatic heterocycles. The van der Waals surface area contributed by atoms with Gasteiger partial charge in [-0.1, -0.05) is 58.2 Å². The Hall–Kier alpha value is -2.72. The third kappa shape index (κ3) is 7.96. The highest BCUT2D eigenvalue weighted by Gasteiger charge is 2.00. The second kappa shape index (κ2) is 12.8. The van der Waals surface area contributed by atoms with Gasteiger partial charge < -0.3 is 10.9 Å². The fraction of sp³-hybridized carbons (Fsp3) is 0.250. The highest BCUT2D eigenvalue weighted by atomic mass is 31.1. The summed E-state index contributed by atoms with van der Waals surface area (Å²) in [5, 5.41) is 0.882. The van der Waals surface area contributed by atoms with E-state index in [-0.39, 0.29) is 8.46 Å². The predicted octanol–water partition coefficient (Wildman–Crippen LogP) is 5.13. The first-order valence-electron chi connectivity index (χ1n) is 9.75. The molecule has 0 spiro atoms. The fourth-order valence-corrected chi connectivity index (χ4v) is 3.65. The Kier molecular flexibility index (Phi) is 10.8. The molecule has 5 nitrogen and oxygen atoms in total. The van der Waals surface area contributed by atoms with Gasteiger partial charge in [-0.3, -0.25) is 11.7 Å². The minimum absolute atomic E-state index is 0.320. The molecule has 0 saturated heterocycles. The van der Waals surface area contributed by atoms with Gasteiger partial charge in [0.1, 0.15) is 0 Å². The first kappa shape index (κ1) is 25.3. The van der Waals surface area contributed by atoms with Crippen LogP contribution >= 0.6 is 8.46 Å². The Bertz CT molecular complexity index is 855. The maximum absolute atomic E-state index is 10.2. The quantitative estimate of drug-likeness (QED) is 0.265. The maximum Gasteiger partial charge on any atom is 0.363 e. The van der Waals surface area contributed by atoms with Crippen LogP contribution in [0.25, 0.3) is 0 Å². The lowest BCUT2D eigenvalue weighted by Gasteiger charge is -2.09. The van der Waals surface area contributed by atoms with Gasteiger partial charge in [0.15, 0.2) is 5.30 Å². The van der Waals surface area contributed by atoms with E-state index in [1.54, 1.807) is 0 Å².